The van der Waals surface area contributed by atoms with E-state index >= 15 is 0 Å². The monoisotopic (exact) mass is 249 g/mol. The van der Waals surface area contributed by atoms with Crippen LogP contribution in [0, 0.1) is 0 Å². The standard InChI is InChI=1S/C16H27NO/c1-3-4-5-6-7-8-12-18-14(2)15-10-9-11-16(17)13-15/h9-11,13-14H,3-8,12,17H2,1-2H3. The topological polar surface area (TPSA) is 35.2 Å². The maximum atomic E-state index is 5.83. The lowest BCUT2D eigenvalue weighted by atomic mass is 10.1. The molecule has 0 heterocycles. The van der Waals surface area contributed by atoms with E-state index in [9.17, 15) is 0 Å². The minimum atomic E-state index is 0.143. The Morgan fingerprint density at radius 1 is 1.11 bits per heavy atom. The highest BCUT2D eigenvalue weighted by Crippen LogP contribution is 2.19. The first-order chi connectivity index (χ1) is 8.74. The Morgan fingerprint density at radius 2 is 1.83 bits per heavy atom. The molecule has 2 N–H and O–H groups in total. The van der Waals surface area contributed by atoms with Gasteiger partial charge in [0.1, 0.15) is 0 Å². The van der Waals surface area contributed by atoms with Gasteiger partial charge in [0.05, 0.1) is 6.10 Å². The van der Waals surface area contributed by atoms with Crippen molar-refractivity contribution in [3.05, 3.63) is 29.8 Å². The van der Waals surface area contributed by atoms with Gasteiger partial charge in [-0.2, -0.15) is 0 Å². The Hall–Kier alpha value is -1.02. The molecule has 0 saturated carbocycles. The third-order valence-electron chi connectivity index (χ3n) is 3.25. The first kappa shape index (κ1) is 15.0. The number of anilines is 1. The molecule has 0 fully saturated rings. The highest BCUT2D eigenvalue weighted by Gasteiger charge is 2.05. The lowest BCUT2D eigenvalue weighted by molar-refractivity contribution is 0.0628. The molecule has 0 amide bonds. The van der Waals surface area contributed by atoms with E-state index in [4.69, 9.17) is 10.5 Å². The van der Waals surface area contributed by atoms with Gasteiger partial charge < -0.3 is 10.5 Å². The number of benzene rings is 1. The molecule has 1 aromatic rings. The molecule has 0 radical (unpaired) electrons. The van der Waals surface area contributed by atoms with Crippen LogP contribution in [0.2, 0.25) is 0 Å². The first-order valence-electron chi connectivity index (χ1n) is 7.21. The molecular weight excluding hydrogens is 222 g/mol. The number of nitrogens with two attached hydrogens (primary N) is 1. The molecular formula is C16H27NO. The Kier molecular flexibility index (Phi) is 7.51. The summed E-state index contributed by atoms with van der Waals surface area (Å²) >= 11 is 0. The van der Waals surface area contributed by atoms with Gasteiger partial charge in [-0.15, -0.1) is 0 Å². The fraction of sp³-hybridized carbons (Fsp3) is 0.625. The van der Waals surface area contributed by atoms with Gasteiger partial charge in [-0.25, -0.2) is 0 Å². The van der Waals surface area contributed by atoms with Crippen molar-refractivity contribution in [1.29, 1.82) is 0 Å². The molecule has 0 spiro atoms. The van der Waals surface area contributed by atoms with Crippen LogP contribution in [-0.2, 0) is 4.74 Å². The van der Waals surface area contributed by atoms with Gasteiger partial charge in [-0.3, -0.25) is 0 Å². The van der Waals surface area contributed by atoms with Crippen LogP contribution in [0.3, 0.4) is 0 Å². The van der Waals surface area contributed by atoms with Crippen molar-refractivity contribution >= 4 is 5.69 Å². The highest BCUT2D eigenvalue weighted by atomic mass is 16.5. The highest BCUT2D eigenvalue weighted by molar-refractivity contribution is 5.41. The lowest BCUT2D eigenvalue weighted by Gasteiger charge is -2.13. The molecule has 0 aliphatic rings. The second-order valence-corrected chi connectivity index (χ2v) is 4.95. The predicted octanol–water partition coefficient (Wildman–Crippen LogP) is 4.71. The lowest BCUT2D eigenvalue weighted by Crippen LogP contribution is -2.02. The molecule has 2 nitrogen and oxygen atoms in total. The van der Waals surface area contributed by atoms with E-state index in [1.54, 1.807) is 0 Å². The fourth-order valence-electron chi connectivity index (χ4n) is 2.05. The zero-order valence-corrected chi connectivity index (χ0v) is 11.8. The summed E-state index contributed by atoms with van der Waals surface area (Å²) in [6.07, 6.45) is 7.96. The van der Waals surface area contributed by atoms with E-state index in [1.807, 2.05) is 18.2 Å². The van der Waals surface area contributed by atoms with Crippen LogP contribution in [0.15, 0.2) is 24.3 Å². The Balaban J connectivity index is 2.12. The van der Waals surface area contributed by atoms with Crippen molar-refractivity contribution in [2.45, 2.75) is 58.5 Å². The molecule has 1 atom stereocenters. The molecule has 102 valence electrons. The third kappa shape index (κ3) is 6.06. The van der Waals surface area contributed by atoms with Crippen LogP contribution in [0.4, 0.5) is 5.69 Å². The second-order valence-electron chi connectivity index (χ2n) is 4.95. The minimum Gasteiger partial charge on any atom is -0.399 e. The van der Waals surface area contributed by atoms with Crippen LogP contribution in [-0.4, -0.2) is 6.61 Å². The molecule has 2 heteroatoms. The number of hydrogen-bond acceptors (Lipinski definition) is 2. The van der Waals surface area contributed by atoms with Crippen molar-refractivity contribution in [3.63, 3.8) is 0 Å². The molecule has 0 aliphatic heterocycles. The molecule has 18 heavy (non-hydrogen) atoms. The van der Waals surface area contributed by atoms with Crippen molar-refractivity contribution in [2.24, 2.45) is 0 Å². The zero-order valence-electron chi connectivity index (χ0n) is 11.8. The molecule has 0 saturated heterocycles. The molecule has 1 unspecified atom stereocenters. The van der Waals surface area contributed by atoms with E-state index < -0.39 is 0 Å². The number of hydrogen-bond donors (Lipinski definition) is 1. The second kappa shape index (κ2) is 8.98. The Labute approximate surface area is 112 Å². The van der Waals surface area contributed by atoms with Crippen molar-refractivity contribution in [1.82, 2.24) is 0 Å². The minimum absolute atomic E-state index is 0.143. The molecule has 0 aliphatic carbocycles. The van der Waals surface area contributed by atoms with E-state index in [-0.39, 0.29) is 6.10 Å². The van der Waals surface area contributed by atoms with E-state index in [0.717, 1.165) is 18.7 Å². The zero-order chi connectivity index (χ0) is 13.2. The van der Waals surface area contributed by atoms with Gasteiger partial charge in [0, 0.05) is 12.3 Å². The summed E-state index contributed by atoms with van der Waals surface area (Å²) < 4.78 is 5.83. The summed E-state index contributed by atoms with van der Waals surface area (Å²) in [6, 6.07) is 7.95. The van der Waals surface area contributed by atoms with Gasteiger partial charge in [0.25, 0.3) is 0 Å². The normalized spacial score (nSPS) is 12.6. The fourth-order valence-corrected chi connectivity index (χ4v) is 2.05. The van der Waals surface area contributed by atoms with Crippen LogP contribution >= 0.6 is 0 Å². The van der Waals surface area contributed by atoms with Crippen molar-refractivity contribution in [3.8, 4) is 0 Å². The predicted molar refractivity (Wildman–Crippen MR) is 78.6 cm³/mol. The number of nitrogen functional groups attached to an aromatic ring is 1. The van der Waals surface area contributed by atoms with Gasteiger partial charge in [-0.05, 0) is 31.0 Å². The van der Waals surface area contributed by atoms with Gasteiger partial charge in [-0.1, -0.05) is 51.2 Å². The average molecular weight is 249 g/mol. The smallest absolute Gasteiger partial charge is 0.0797 e. The number of rotatable bonds is 9. The third-order valence-corrected chi connectivity index (χ3v) is 3.25. The molecule has 0 aromatic heterocycles. The van der Waals surface area contributed by atoms with E-state index in [0.29, 0.717) is 0 Å². The maximum Gasteiger partial charge on any atom is 0.0797 e. The number of ether oxygens (including phenoxy) is 1. The molecule has 1 aromatic carbocycles. The Morgan fingerprint density at radius 3 is 2.56 bits per heavy atom. The van der Waals surface area contributed by atoms with Gasteiger partial charge in [0.15, 0.2) is 0 Å². The summed E-state index contributed by atoms with van der Waals surface area (Å²) in [4.78, 5) is 0. The van der Waals surface area contributed by atoms with Crippen molar-refractivity contribution < 1.29 is 4.74 Å². The van der Waals surface area contributed by atoms with Gasteiger partial charge in [0.2, 0.25) is 0 Å². The largest absolute Gasteiger partial charge is 0.399 e. The summed E-state index contributed by atoms with van der Waals surface area (Å²) in [5.74, 6) is 0. The maximum absolute atomic E-state index is 5.83. The van der Waals surface area contributed by atoms with E-state index in [1.165, 1.54) is 37.7 Å². The van der Waals surface area contributed by atoms with Gasteiger partial charge >= 0.3 is 0 Å². The van der Waals surface area contributed by atoms with E-state index in [2.05, 4.69) is 19.9 Å². The number of unbranched alkanes of at least 4 members (excludes halogenated alkanes) is 5. The summed E-state index contributed by atoms with van der Waals surface area (Å²) in [5, 5.41) is 0. The first-order valence-corrected chi connectivity index (χ1v) is 7.21. The Bertz CT molecular complexity index is 325. The summed E-state index contributed by atoms with van der Waals surface area (Å²) in [6.45, 7) is 5.18. The summed E-state index contributed by atoms with van der Waals surface area (Å²) in [5.41, 5.74) is 7.74. The summed E-state index contributed by atoms with van der Waals surface area (Å²) in [7, 11) is 0. The van der Waals surface area contributed by atoms with Crippen LogP contribution in [0.5, 0.6) is 0 Å². The van der Waals surface area contributed by atoms with Crippen LogP contribution < -0.4 is 5.73 Å². The van der Waals surface area contributed by atoms with Crippen LogP contribution in [0.25, 0.3) is 0 Å². The average Bonchev–Trinajstić information content (AvgIpc) is 2.37. The SMILES string of the molecule is CCCCCCCCOC(C)c1cccc(N)c1. The van der Waals surface area contributed by atoms with Crippen molar-refractivity contribution in [2.75, 3.05) is 12.3 Å². The quantitative estimate of drug-likeness (QED) is 0.508. The van der Waals surface area contributed by atoms with Crippen LogP contribution in [0.1, 0.15) is 64.0 Å². The molecule has 1 rings (SSSR count). The molecule has 0 bridgehead atoms.